The van der Waals surface area contributed by atoms with Crippen LogP contribution in [0, 0.1) is 0 Å². The number of amides is 1. The lowest BCUT2D eigenvalue weighted by atomic mass is 9.98. The number of phenolic OH excluding ortho intramolecular Hbond substituents is 1. The van der Waals surface area contributed by atoms with Gasteiger partial charge in [-0.3, -0.25) is 0 Å². The highest BCUT2D eigenvalue weighted by molar-refractivity contribution is 6.31. The molecule has 1 amide bonds. The second-order valence-electron chi connectivity index (χ2n) is 7.39. The Morgan fingerprint density at radius 3 is 2.19 bits per heavy atom. The second kappa shape index (κ2) is 8.98. The molecular formula is C24H22ClNO5. The number of aliphatic hydroxyl groups is 2. The number of hydrogen-bond donors (Lipinski definition) is 4. The van der Waals surface area contributed by atoms with Crippen molar-refractivity contribution in [2.45, 2.75) is 18.1 Å². The number of carbonyl (C=O) groups excluding carboxylic acids is 1. The van der Waals surface area contributed by atoms with Crippen molar-refractivity contribution < 1.29 is 24.9 Å². The summed E-state index contributed by atoms with van der Waals surface area (Å²) in [5.41, 5.74) is 4.46. The molecule has 0 saturated carbocycles. The maximum atomic E-state index is 12.2. The maximum Gasteiger partial charge on any atom is 0.407 e. The Balaban J connectivity index is 1.36. The van der Waals surface area contributed by atoms with Gasteiger partial charge in [0.05, 0.1) is 5.02 Å². The van der Waals surface area contributed by atoms with Crippen LogP contribution in [0.2, 0.25) is 5.02 Å². The lowest BCUT2D eigenvalue weighted by Gasteiger charge is -2.21. The molecule has 0 aromatic heterocycles. The number of carbonyl (C=O) groups is 1. The fourth-order valence-corrected chi connectivity index (χ4v) is 4.24. The third-order valence-electron chi connectivity index (χ3n) is 5.49. The molecule has 160 valence electrons. The third kappa shape index (κ3) is 4.23. The van der Waals surface area contributed by atoms with Crippen molar-refractivity contribution in [3.63, 3.8) is 0 Å². The first-order valence-electron chi connectivity index (χ1n) is 9.89. The van der Waals surface area contributed by atoms with Crippen LogP contribution in [0.3, 0.4) is 0 Å². The minimum Gasteiger partial charge on any atom is -0.508 e. The first-order chi connectivity index (χ1) is 15.0. The zero-order valence-electron chi connectivity index (χ0n) is 16.5. The normalized spacial score (nSPS) is 14.4. The smallest absolute Gasteiger partial charge is 0.407 e. The summed E-state index contributed by atoms with van der Waals surface area (Å²) in [5, 5.41) is 33.0. The fraction of sp³-hybridized carbons (Fsp3) is 0.208. The van der Waals surface area contributed by atoms with Crippen molar-refractivity contribution in [3.05, 3.63) is 88.4 Å². The maximum absolute atomic E-state index is 12.2. The fourth-order valence-electron chi connectivity index (χ4n) is 3.96. The summed E-state index contributed by atoms with van der Waals surface area (Å²) in [6.07, 6.45) is -3.56. The molecule has 1 aliphatic rings. The van der Waals surface area contributed by atoms with Gasteiger partial charge in [0.15, 0.2) is 0 Å². The van der Waals surface area contributed by atoms with Gasteiger partial charge in [-0.2, -0.15) is 0 Å². The van der Waals surface area contributed by atoms with E-state index < -0.39 is 18.3 Å². The van der Waals surface area contributed by atoms with Gasteiger partial charge >= 0.3 is 6.09 Å². The number of aromatic hydroxyl groups is 1. The van der Waals surface area contributed by atoms with E-state index in [2.05, 4.69) is 17.4 Å². The molecule has 4 rings (SSSR count). The van der Waals surface area contributed by atoms with E-state index in [1.54, 1.807) is 0 Å². The van der Waals surface area contributed by atoms with E-state index in [1.165, 1.54) is 18.2 Å². The molecule has 0 fully saturated rings. The Morgan fingerprint density at radius 1 is 0.968 bits per heavy atom. The van der Waals surface area contributed by atoms with Gasteiger partial charge in [0, 0.05) is 18.0 Å². The van der Waals surface area contributed by atoms with Crippen molar-refractivity contribution in [3.8, 4) is 16.9 Å². The summed E-state index contributed by atoms with van der Waals surface area (Å²) in [6.45, 7) is -0.133. The Hall–Kier alpha value is -3.06. The average Bonchev–Trinajstić information content (AvgIpc) is 3.09. The SMILES string of the molecule is O=C(NCC(O)C(O)c1c(O)cccc1Cl)OCC1c2ccccc2-c2ccccc21. The number of fused-ring (bicyclic) bond motifs is 3. The number of nitrogens with one attached hydrogen (secondary N) is 1. The van der Waals surface area contributed by atoms with Crippen LogP contribution < -0.4 is 5.32 Å². The Labute approximate surface area is 184 Å². The molecule has 0 bridgehead atoms. The van der Waals surface area contributed by atoms with E-state index in [-0.39, 0.29) is 35.4 Å². The van der Waals surface area contributed by atoms with Crippen molar-refractivity contribution in [1.82, 2.24) is 5.32 Å². The molecule has 3 aromatic carbocycles. The first-order valence-corrected chi connectivity index (χ1v) is 10.3. The molecule has 7 heteroatoms. The minimum absolute atomic E-state index is 0.00556. The number of halogens is 1. The average molecular weight is 440 g/mol. The van der Waals surface area contributed by atoms with E-state index in [9.17, 15) is 20.1 Å². The van der Waals surface area contributed by atoms with Crippen LogP contribution in [0.1, 0.15) is 28.7 Å². The second-order valence-corrected chi connectivity index (χ2v) is 7.80. The van der Waals surface area contributed by atoms with E-state index in [0.29, 0.717) is 0 Å². The highest BCUT2D eigenvalue weighted by atomic mass is 35.5. The zero-order valence-corrected chi connectivity index (χ0v) is 17.3. The summed E-state index contributed by atoms with van der Waals surface area (Å²) in [6, 6.07) is 20.4. The number of hydrogen-bond acceptors (Lipinski definition) is 5. The van der Waals surface area contributed by atoms with Crippen LogP contribution in [0.5, 0.6) is 5.75 Å². The van der Waals surface area contributed by atoms with Crippen LogP contribution in [0.15, 0.2) is 66.7 Å². The summed E-state index contributed by atoms with van der Waals surface area (Å²) < 4.78 is 5.40. The van der Waals surface area contributed by atoms with Gasteiger partial charge in [-0.05, 0) is 34.4 Å². The monoisotopic (exact) mass is 439 g/mol. The van der Waals surface area contributed by atoms with E-state index in [0.717, 1.165) is 22.3 Å². The predicted octanol–water partition coefficient (Wildman–Crippen LogP) is 3.98. The quantitative estimate of drug-likeness (QED) is 0.465. The van der Waals surface area contributed by atoms with E-state index in [4.69, 9.17) is 16.3 Å². The molecule has 6 nitrogen and oxygen atoms in total. The summed E-state index contributed by atoms with van der Waals surface area (Å²) in [4.78, 5) is 12.2. The van der Waals surface area contributed by atoms with Gasteiger partial charge in [-0.1, -0.05) is 66.2 Å². The number of benzene rings is 3. The summed E-state index contributed by atoms with van der Waals surface area (Å²) in [5.74, 6) is -0.311. The lowest BCUT2D eigenvalue weighted by Crippen LogP contribution is -2.36. The molecule has 2 unspecified atom stereocenters. The lowest BCUT2D eigenvalue weighted by molar-refractivity contribution is 0.0173. The zero-order chi connectivity index (χ0) is 22.0. The van der Waals surface area contributed by atoms with Crippen molar-refractivity contribution in [2.75, 3.05) is 13.2 Å². The Kier molecular flexibility index (Phi) is 6.13. The minimum atomic E-state index is -1.47. The standard InChI is InChI=1S/C24H22ClNO5/c25-19-10-5-11-20(27)22(19)23(29)21(28)12-26-24(30)31-13-18-16-8-3-1-6-14(16)15-7-2-4-9-17(15)18/h1-11,18,21,23,27-29H,12-13H2,(H,26,30). The highest BCUT2D eigenvalue weighted by Crippen LogP contribution is 2.44. The predicted molar refractivity (Wildman–Crippen MR) is 117 cm³/mol. The molecule has 31 heavy (non-hydrogen) atoms. The van der Waals surface area contributed by atoms with E-state index in [1.807, 2.05) is 36.4 Å². The van der Waals surface area contributed by atoms with Gasteiger partial charge in [-0.25, -0.2) is 4.79 Å². The van der Waals surface area contributed by atoms with Crippen LogP contribution in [0.4, 0.5) is 4.79 Å². The van der Waals surface area contributed by atoms with Crippen LogP contribution in [0.25, 0.3) is 11.1 Å². The molecule has 0 radical (unpaired) electrons. The van der Waals surface area contributed by atoms with Gasteiger partial charge in [0.25, 0.3) is 0 Å². The number of phenols is 1. The molecular weight excluding hydrogens is 418 g/mol. The number of ether oxygens (including phenoxy) is 1. The van der Waals surface area contributed by atoms with Crippen LogP contribution in [-0.4, -0.2) is 40.7 Å². The Bertz CT molecular complexity index is 1040. The first kappa shape index (κ1) is 21.2. The molecule has 1 aliphatic carbocycles. The van der Waals surface area contributed by atoms with Crippen molar-refractivity contribution in [1.29, 1.82) is 0 Å². The molecule has 4 N–H and O–H groups in total. The van der Waals surface area contributed by atoms with Crippen molar-refractivity contribution >= 4 is 17.7 Å². The van der Waals surface area contributed by atoms with Gasteiger partial charge in [0.2, 0.25) is 0 Å². The molecule has 0 aliphatic heterocycles. The number of alkyl carbamates (subject to hydrolysis) is 1. The molecule has 3 aromatic rings. The largest absolute Gasteiger partial charge is 0.508 e. The third-order valence-corrected chi connectivity index (χ3v) is 5.82. The summed E-state index contributed by atoms with van der Waals surface area (Å²) in [7, 11) is 0. The summed E-state index contributed by atoms with van der Waals surface area (Å²) >= 11 is 5.99. The van der Waals surface area contributed by atoms with Gasteiger partial charge in [0.1, 0.15) is 24.6 Å². The Morgan fingerprint density at radius 2 is 1.58 bits per heavy atom. The van der Waals surface area contributed by atoms with Gasteiger partial charge in [-0.15, -0.1) is 0 Å². The number of aliphatic hydroxyl groups excluding tert-OH is 2. The molecule has 0 heterocycles. The molecule has 0 saturated heterocycles. The van der Waals surface area contributed by atoms with Crippen molar-refractivity contribution in [2.24, 2.45) is 0 Å². The van der Waals surface area contributed by atoms with Crippen LogP contribution in [-0.2, 0) is 4.74 Å². The molecule has 2 atom stereocenters. The van der Waals surface area contributed by atoms with Gasteiger partial charge < -0.3 is 25.4 Å². The molecule has 0 spiro atoms. The van der Waals surface area contributed by atoms with Crippen LogP contribution >= 0.6 is 11.6 Å². The number of rotatable bonds is 6. The topological polar surface area (TPSA) is 99.0 Å². The van der Waals surface area contributed by atoms with E-state index >= 15 is 0 Å². The highest BCUT2D eigenvalue weighted by Gasteiger charge is 2.29.